The van der Waals surface area contributed by atoms with Crippen molar-refractivity contribution in [2.24, 2.45) is 0 Å². The molecule has 102 heavy (non-hydrogen) atoms. The van der Waals surface area contributed by atoms with Crippen molar-refractivity contribution in [3.05, 3.63) is 122 Å². The molecule has 0 aromatic rings. The molecule has 5 atom stereocenters. The fourth-order valence-corrected chi connectivity index (χ4v) is 12.1. The number of aliphatic hydroxyl groups is 1. The molecule has 0 rings (SSSR count). The lowest BCUT2D eigenvalue weighted by atomic mass is 10.0. The number of allylic oxidation sites excluding steroid dienone is 19. The molecule has 3 N–H and O–H groups in total. The van der Waals surface area contributed by atoms with E-state index in [1.54, 1.807) is 6.08 Å². The molecular formula is C83H142O17P2. The maximum Gasteiger partial charge on any atom is 0.472 e. The van der Waals surface area contributed by atoms with Crippen molar-refractivity contribution in [3.63, 3.8) is 0 Å². The SMILES string of the molecule is CC/C=C\C/C=C\C/C=C\C/C=C\C/C=C\CCCC(=O)OCC(COP(=O)(O)OCC(O)COP(=O)(O)OCC(COC(=O)C/C=C\C/C=C\C/C=C\C/C=C\C/C=C\CC)OC(=O)CCCCCCCCCCCCCCCCC)OC(=O)CCCCCCCCCCCCCCCCC. The summed E-state index contributed by atoms with van der Waals surface area (Å²) in [6.07, 6.45) is 82.2. The van der Waals surface area contributed by atoms with E-state index in [4.69, 9.17) is 37.0 Å². The molecule has 0 amide bonds. The van der Waals surface area contributed by atoms with Gasteiger partial charge in [-0.1, -0.05) is 329 Å². The standard InChI is InChI=1S/C83H142O17P2/c1-5-9-13-17-21-25-29-33-37-38-42-44-48-52-56-60-64-68-81(86)94-74-79(100-83(88)70-66-62-58-54-50-46-41-36-32-28-24-20-16-12-8-4)76-98-102(91,92)96-72-77(84)71-95-101(89,90)97-75-78(99-82(87)69-65-61-57-53-49-45-40-35-31-27-23-19-15-11-7-3)73-93-80(85)67-63-59-55-51-47-43-39-34-30-26-22-18-14-10-6-2/h9-10,13-14,21-22,25-26,33-34,37,39,42,44,47,51-52,56,59,63,77-79,84H,5-8,11-12,15-20,23-24,27-32,35-36,38,40-41,43,45-46,48-50,53-55,57-58,60-62,64-76H2,1-4H3,(H,89,90)(H,91,92)/b13-9-,14-10-,25-21-,26-22-,37-33-,39-34-,44-42-,51-47-,56-52-,63-59-. The van der Waals surface area contributed by atoms with Gasteiger partial charge < -0.3 is 33.8 Å². The highest BCUT2D eigenvalue weighted by molar-refractivity contribution is 7.47. The van der Waals surface area contributed by atoms with Crippen LogP contribution in [0.3, 0.4) is 0 Å². The van der Waals surface area contributed by atoms with Gasteiger partial charge in [-0.25, -0.2) is 9.13 Å². The summed E-state index contributed by atoms with van der Waals surface area (Å²) in [7, 11) is -9.99. The average molecular weight is 1470 g/mol. The van der Waals surface area contributed by atoms with Crippen LogP contribution in [-0.2, 0) is 65.4 Å². The summed E-state index contributed by atoms with van der Waals surface area (Å²) in [5, 5.41) is 10.6. The first-order valence-electron chi connectivity index (χ1n) is 39.8. The number of hydrogen-bond acceptors (Lipinski definition) is 15. The minimum absolute atomic E-state index is 0.0709. The highest BCUT2D eigenvalue weighted by Crippen LogP contribution is 2.45. The molecule has 0 heterocycles. The van der Waals surface area contributed by atoms with Crippen molar-refractivity contribution in [3.8, 4) is 0 Å². The van der Waals surface area contributed by atoms with Crippen LogP contribution in [0.2, 0.25) is 0 Å². The van der Waals surface area contributed by atoms with Gasteiger partial charge in [-0.3, -0.25) is 37.3 Å². The monoisotopic (exact) mass is 1470 g/mol. The number of carbonyl (C=O) groups excluding carboxylic acids is 4. The van der Waals surface area contributed by atoms with Crippen molar-refractivity contribution in [2.75, 3.05) is 39.6 Å². The summed E-state index contributed by atoms with van der Waals surface area (Å²) < 4.78 is 68.4. The summed E-state index contributed by atoms with van der Waals surface area (Å²) in [5.74, 6) is -2.38. The molecule has 0 saturated carbocycles. The fourth-order valence-electron chi connectivity index (χ4n) is 10.5. The Morgan fingerprint density at radius 1 is 0.294 bits per heavy atom. The summed E-state index contributed by atoms with van der Waals surface area (Å²) in [6.45, 7) is 4.51. The molecule has 0 bridgehead atoms. The first-order valence-corrected chi connectivity index (χ1v) is 42.8. The Labute approximate surface area is 619 Å². The van der Waals surface area contributed by atoms with Crippen LogP contribution in [0.1, 0.15) is 323 Å². The van der Waals surface area contributed by atoms with E-state index in [2.05, 4.69) is 113 Å². The van der Waals surface area contributed by atoms with E-state index >= 15 is 0 Å². The number of phosphoric ester groups is 2. The van der Waals surface area contributed by atoms with E-state index in [0.717, 1.165) is 109 Å². The summed E-state index contributed by atoms with van der Waals surface area (Å²) in [5.41, 5.74) is 0. The number of esters is 4. The van der Waals surface area contributed by atoms with Gasteiger partial charge in [0.05, 0.1) is 32.8 Å². The molecule has 0 spiro atoms. The predicted molar refractivity (Wildman–Crippen MR) is 418 cm³/mol. The molecule has 0 aromatic heterocycles. The lowest BCUT2D eigenvalue weighted by Crippen LogP contribution is -2.30. The summed E-state index contributed by atoms with van der Waals surface area (Å²) in [4.78, 5) is 72.9. The molecule has 0 aliphatic rings. The van der Waals surface area contributed by atoms with Crippen LogP contribution in [0.4, 0.5) is 0 Å². The smallest absolute Gasteiger partial charge is 0.462 e. The van der Waals surface area contributed by atoms with Crippen LogP contribution in [0.25, 0.3) is 0 Å². The second-order valence-corrected chi connectivity index (χ2v) is 29.2. The van der Waals surface area contributed by atoms with E-state index in [9.17, 15) is 43.2 Å². The van der Waals surface area contributed by atoms with Gasteiger partial charge in [-0.15, -0.1) is 0 Å². The minimum atomic E-state index is -5.00. The molecule has 19 heteroatoms. The number of ether oxygens (including phenoxy) is 4. The zero-order valence-electron chi connectivity index (χ0n) is 64.0. The van der Waals surface area contributed by atoms with Crippen LogP contribution in [0, 0.1) is 0 Å². The molecule has 17 nitrogen and oxygen atoms in total. The molecule has 0 aromatic carbocycles. The van der Waals surface area contributed by atoms with E-state index in [0.29, 0.717) is 32.1 Å². The van der Waals surface area contributed by atoms with Crippen LogP contribution in [0.5, 0.6) is 0 Å². The number of hydrogen-bond donors (Lipinski definition) is 3. The molecular weight excluding hydrogens is 1330 g/mol. The first kappa shape index (κ1) is 97.5. The number of aliphatic hydroxyl groups excluding tert-OH is 1. The number of unbranched alkanes of at least 4 members (excludes halogenated alkanes) is 29. The quantitative estimate of drug-likeness (QED) is 0.0169. The van der Waals surface area contributed by atoms with Gasteiger partial charge in [0.1, 0.15) is 19.3 Å². The van der Waals surface area contributed by atoms with Crippen LogP contribution in [-0.4, -0.2) is 96.7 Å². The van der Waals surface area contributed by atoms with Crippen molar-refractivity contribution in [2.45, 2.75) is 341 Å². The second kappa shape index (κ2) is 74.7. The van der Waals surface area contributed by atoms with E-state index < -0.39 is 97.5 Å². The van der Waals surface area contributed by atoms with Gasteiger partial charge in [0.2, 0.25) is 0 Å². The number of phosphoric acid groups is 2. The van der Waals surface area contributed by atoms with Crippen molar-refractivity contribution < 1.29 is 80.2 Å². The van der Waals surface area contributed by atoms with Crippen molar-refractivity contribution in [1.82, 2.24) is 0 Å². The van der Waals surface area contributed by atoms with Crippen LogP contribution in [0.15, 0.2) is 122 Å². The maximum absolute atomic E-state index is 13.1. The first-order chi connectivity index (χ1) is 49.7. The lowest BCUT2D eigenvalue weighted by molar-refractivity contribution is -0.161. The Kier molecular flexibility index (Phi) is 71.4. The van der Waals surface area contributed by atoms with Gasteiger partial charge in [-0.05, 0) is 89.9 Å². The van der Waals surface area contributed by atoms with Gasteiger partial charge >= 0.3 is 39.5 Å². The molecule has 586 valence electrons. The molecule has 0 radical (unpaired) electrons. The van der Waals surface area contributed by atoms with Gasteiger partial charge in [0.15, 0.2) is 12.2 Å². The lowest BCUT2D eigenvalue weighted by Gasteiger charge is -2.21. The predicted octanol–water partition coefficient (Wildman–Crippen LogP) is 23.1. The van der Waals surface area contributed by atoms with E-state index in [-0.39, 0.29) is 25.7 Å². The fraction of sp³-hybridized carbons (Fsp3) is 0.711. The maximum atomic E-state index is 13.1. The average Bonchev–Trinajstić information content (AvgIpc) is 0.923. The highest BCUT2D eigenvalue weighted by Gasteiger charge is 2.30. The third-order valence-electron chi connectivity index (χ3n) is 16.5. The van der Waals surface area contributed by atoms with Crippen molar-refractivity contribution >= 4 is 39.5 Å². The van der Waals surface area contributed by atoms with Gasteiger partial charge in [0.25, 0.3) is 0 Å². The van der Waals surface area contributed by atoms with E-state index in [1.165, 1.54) is 128 Å². The summed E-state index contributed by atoms with van der Waals surface area (Å²) >= 11 is 0. The Balaban J connectivity index is 5.45. The molecule has 0 aliphatic carbocycles. The third kappa shape index (κ3) is 73.8. The summed E-state index contributed by atoms with van der Waals surface area (Å²) in [6, 6.07) is 0. The highest BCUT2D eigenvalue weighted by atomic mass is 31.2. The van der Waals surface area contributed by atoms with Crippen LogP contribution >= 0.6 is 15.6 Å². The molecule has 0 fully saturated rings. The zero-order chi connectivity index (χ0) is 74.6. The molecule has 0 saturated heterocycles. The Hall–Kier alpha value is -4.54. The Morgan fingerprint density at radius 3 is 0.863 bits per heavy atom. The van der Waals surface area contributed by atoms with Crippen molar-refractivity contribution in [1.29, 1.82) is 0 Å². The molecule has 5 unspecified atom stereocenters. The largest absolute Gasteiger partial charge is 0.472 e. The Bertz CT molecular complexity index is 2410. The topological polar surface area (TPSA) is 237 Å². The van der Waals surface area contributed by atoms with Gasteiger partial charge in [0, 0.05) is 19.3 Å². The zero-order valence-corrected chi connectivity index (χ0v) is 65.8. The minimum Gasteiger partial charge on any atom is -0.462 e. The molecule has 0 aliphatic heterocycles. The van der Waals surface area contributed by atoms with Crippen LogP contribution < -0.4 is 0 Å². The third-order valence-corrected chi connectivity index (χ3v) is 18.4. The number of carbonyl (C=O) groups is 4. The second-order valence-electron chi connectivity index (χ2n) is 26.3. The Morgan fingerprint density at radius 2 is 0.549 bits per heavy atom. The van der Waals surface area contributed by atoms with E-state index in [1.807, 2.05) is 30.4 Å². The normalized spacial score (nSPS) is 14.5. The van der Waals surface area contributed by atoms with Gasteiger partial charge in [-0.2, -0.15) is 0 Å². The number of rotatable bonds is 74.